The van der Waals surface area contributed by atoms with Gasteiger partial charge in [-0.2, -0.15) is 5.10 Å². The first-order chi connectivity index (χ1) is 7.77. The minimum absolute atomic E-state index is 0.0341. The Morgan fingerprint density at radius 3 is 2.88 bits per heavy atom. The molecule has 1 atom stereocenters. The Labute approximate surface area is 95.8 Å². The first kappa shape index (κ1) is 10.9. The Morgan fingerprint density at radius 2 is 2.19 bits per heavy atom. The smallest absolute Gasteiger partial charge is 0.239 e. The number of amides is 1. The van der Waals surface area contributed by atoms with Crippen molar-refractivity contribution >= 4 is 12.1 Å². The zero-order valence-electron chi connectivity index (χ0n) is 9.47. The van der Waals surface area contributed by atoms with E-state index in [0.29, 0.717) is 0 Å². The van der Waals surface area contributed by atoms with Crippen LogP contribution in [-0.2, 0) is 11.2 Å². The number of carbonyl (C=O) groups is 1. The Kier molecular flexibility index (Phi) is 3.34. The minimum Gasteiger partial charge on any atom is -0.273 e. The quantitative estimate of drug-likeness (QED) is 0.762. The van der Waals surface area contributed by atoms with Gasteiger partial charge < -0.3 is 0 Å². The third kappa shape index (κ3) is 2.48. The SMILES string of the molecule is CC(=O)N1N=CC[C@@H]1CCc1ccccc1. The zero-order chi connectivity index (χ0) is 11.4. The lowest BCUT2D eigenvalue weighted by Gasteiger charge is -2.20. The second-order valence-electron chi connectivity index (χ2n) is 4.08. The first-order valence-corrected chi connectivity index (χ1v) is 5.63. The van der Waals surface area contributed by atoms with Crippen LogP contribution in [0.15, 0.2) is 35.4 Å². The Morgan fingerprint density at radius 1 is 1.44 bits per heavy atom. The van der Waals surface area contributed by atoms with Crippen LogP contribution in [0.5, 0.6) is 0 Å². The Bertz CT molecular complexity index is 386. The average molecular weight is 216 g/mol. The van der Waals surface area contributed by atoms with Gasteiger partial charge in [0.05, 0.1) is 6.04 Å². The van der Waals surface area contributed by atoms with Gasteiger partial charge in [-0.05, 0) is 18.4 Å². The lowest BCUT2D eigenvalue weighted by molar-refractivity contribution is -0.130. The van der Waals surface area contributed by atoms with E-state index in [1.807, 2.05) is 24.4 Å². The standard InChI is InChI=1S/C13H16N2O/c1-11(16)15-13(9-10-14-15)8-7-12-5-3-2-4-6-12/h2-6,10,13H,7-9H2,1H3/t13-/m0/s1. The second-order valence-corrected chi connectivity index (χ2v) is 4.08. The van der Waals surface area contributed by atoms with Crippen molar-refractivity contribution in [2.75, 3.05) is 0 Å². The van der Waals surface area contributed by atoms with Crippen molar-refractivity contribution in [1.82, 2.24) is 5.01 Å². The molecule has 0 radical (unpaired) electrons. The fourth-order valence-corrected chi connectivity index (χ4v) is 2.01. The monoisotopic (exact) mass is 216 g/mol. The number of hydrazone groups is 1. The molecule has 3 heteroatoms. The molecule has 1 aromatic carbocycles. The van der Waals surface area contributed by atoms with Gasteiger partial charge in [-0.15, -0.1) is 0 Å². The van der Waals surface area contributed by atoms with Crippen LogP contribution in [0.25, 0.3) is 0 Å². The summed E-state index contributed by atoms with van der Waals surface area (Å²) >= 11 is 0. The van der Waals surface area contributed by atoms with Gasteiger partial charge >= 0.3 is 0 Å². The van der Waals surface area contributed by atoms with Crippen molar-refractivity contribution in [2.45, 2.75) is 32.2 Å². The summed E-state index contributed by atoms with van der Waals surface area (Å²) in [6, 6.07) is 10.6. The predicted octanol–water partition coefficient (Wildman–Crippen LogP) is 2.23. The number of hydrogen-bond acceptors (Lipinski definition) is 2. The summed E-state index contributed by atoms with van der Waals surface area (Å²) in [5.74, 6) is 0.0341. The summed E-state index contributed by atoms with van der Waals surface area (Å²) < 4.78 is 0. The minimum atomic E-state index is 0.0341. The molecule has 1 heterocycles. The van der Waals surface area contributed by atoms with Crippen molar-refractivity contribution in [3.8, 4) is 0 Å². The summed E-state index contributed by atoms with van der Waals surface area (Å²) in [5.41, 5.74) is 1.32. The van der Waals surface area contributed by atoms with E-state index < -0.39 is 0 Å². The third-order valence-electron chi connectivity index (χ3n) is 2.86. The van der Waals surface area contributed by atoms with Gasteiger partial charge in [-0.25, -0.2) is 5.01 Å². The molecule has 1 amide bonds. The largest absolute Gasteiger partial charge is 0.273 e. The molecule has 1 aliphatic heterocycles. The normalized spacial score (nSPS) is 19.1. The number of benzene rings is 1. The van der Waals surface area contributed by atoms with Crippen molar-refractivity contribution in [3.05, 3.63) is 35.9 Å². The molecule has 16 heavy (non-hydrogen) atoms. The van der Waals surface area contributed by atoms with Gasteiger partial charge in [0, 0.05) is 19.6 Å². The molecule has 1 aliphatic rings. The molecule has 1 aromatic rings. The molecule has 0 spiro atoms. The van der Waals surface area contributed by atoms with Crippen LogP contribution >= 0.6 is 0 Å². The number of carbonyl (C=O) groups excluding carboxylic acids is 1. The van der Waals surface area contributed by atoms with Crippen LogP contribution in [0.2, 0.25) is 0 Å². The van der Waals surface area contributed by atoms with Crippen LogP contribution in [0.3, 0.4) is 0 Å². The summed E-state index contributed by atoms with van der Waals surface area (Å²) in [4.78, 5) is 11.3. The van der Waals surface area contributed by atoms with Crippen LogP contribution in [0, 0.1) is 0 Å². The fraction of sp³-hybridized carbons (Fsp3) is 0.385. The maximum atomic E-state index is 11.3. The predicted molar refractivity (Wildman–Crippen MR) is 64.2 cm³/mol. The Balaban J connectivity index is 1.89. The van der Waals surface area contributed by atoms with Crippen LogP contribution < -0.4 is 0 Å². The van der Waals surface area contributed by atoms with Crippen molar-refractivity contribution in [2.24, 2.45) is 5.10 Å². The molecule has 0 bridgehead atoms. The van der Waals surface area contributed by atoms with E-state index in [9.17, 15) is 4.79 Å². The van der Waals surface area contributed by atoms with Gasteiger partial charge in [0.2, 0.25) is 5.91 Å². The molecule has 0 N–H and O–H groups in total. The van der Waals surface area contributed by atoms with Crippen molar-refractivity contribution in [1.29, 1.82) is 0 Å². The van der Waals surface area contributed by atoms with Crippen molar-refractivity contribution < 1.29 is 4.79 Å². The molecule has 0 saturated heterocycles. The number of rotatable bonds is 3. The highest BCUT2D eigenvalue weighted by Crippen LogP contribution is 2.17. The average Bonchev–Trinajstić information content (AvgIpc) is 2.76. The second kappa shape index (κ2) is 4.92. The summed E-state index contributed by atoms with van der Waals surface area (Å²) in [5, 5.41) is 5.69. The number of hydrogen-bond donors (Lipinski definition) is 0. The van der Waals surface area contributed by atoms with Gasteiger partial charge in [0.15, 0.2) is 0 Å². The molecule has 84 valence electrons. The van der Waals surface area contributed by atoms with E-state index in [2.05, 4.69) is 17.2 Å². The van der Waals surface area contributed by atoms with Crippen LogP contribution in [0.4, 0.5) is 0 Å². The molecular weight excluding hydrogens is 200 g/mol. The lowest BCUT2D eigenvalue weighted by atomic mass is 10.0. The van der Waals surface area contributed by atoms with E-state index in [-0.39, 0.29) is 11.9 Å². The number of aryl methyl sites for hydroxylation is 1. The van der Waals surface area contributed by atoms with Crippen molar-refractivity contribution in [3.63, 3.8) is 0 Å². The molecule has 2 rings (SSSR count). The fourth-order valence-electron chi connectivity index (χ4n) is 2.01. The van der Waals surface area contributed by atoms with Gasteiger partial charge in [0.25, 0.3) is 0 Å². The van der Waals surface area contributed by atoms with Gasteiger partial charge in [-0.3, -0.25) is 4.79 Å². The van der Waals surface area contributed by atoms with E-state index in [1.54, 1.807) is 11.9 Å². The summed E-state index contributed by atoms with van der Waals surface area (Å²) in [6.45, 7) is 1.57. The van der Waals surface area contributed by atoms with Gasteiger partial charge in [-0.1, -0.05) is 30.3 Å². The number of nitrogens with zero attached hydrogens (tertiary/aromatic N) is 2. The molecule has 0 unspecified atom stereocenters. The molecule has 0 saturated carbocycles. The highest BCUT2D eigenvalue weighted by atomic mass is 16.2. The van der Waals surface area contributed by atoms with Crippen LogP contribution in [0.1, 0.15) is 25.3 Å². The van der Waals surface area contributed by atoms with E-state index in [4.69, 9.17) is 0 Å². The first-order valence-electron chi connectivity index (χ1n) is 5.63. The van der Waals surface area contributed by atoms with E-state index in [1.165, 1.54) is 5.56 Å². The van der Waals surface area contributed by atoms with E-state index >= 15 is 0 Å². The zero-order valence-corrected chi connectivity index (χ0v) is 9.47. The van der Waals surface area contributed by atoms with E-state index in [0.717, 1.165) is 19.3 Å². The molecule has 0 aliphatic carbocycles. The Hall–Kier alpha value is -1.64. The lowest BCUT2D eigenvalue weighted by Crippen LogP contribution is -2.31. The third-order valence-corrected chi connectivity index (χ3v) is 2.86. The topological polar surface area (TPSA) is 32.7 Å². The van der Waals surface area contributed by atoms with Crippen LogP contribution in [-0.4, -0.2) is 23.2 Å². The summed E-state index contributed by atoms with van der Waals surface area (Å²) in [7, 11) is 0. The highest BCUT2D eigenvalue weighted by molar-refractivity contribution is 5.77. The maximum absolute atomic E-state index is 11.3. The molecular formula is C13H16N2O. The molecule has 0 fully saturated rings. The summed E-state index contributed by atoms with van der Waals surface area (Å²) in [6.07, 6.45) is 4.69. The highest BCUT2D eigenvalue weighted by Gasteiger charge is 2.23. The van der Waals surface area contributed by atoms with Gasteiger partial charge in [0.1, 0.15) is 0 Å². The molecule has 3 nitrogen and oxygen atoms in total. The maximum Gasteiger partial charge on any atom is 0.239 e. The molecule has 0 aromatic heterocycles.